The monoisotopic (exact) mass is 312 g/mol. The fraction of sp³-hybridized carbons (Fsp3) is 0.333. The molecule has 1 N–H and O–H groups in total. The normalized spacial score (nSPS) is 11.0. The van der Waals surface area contributed by atoms with Gasteiger partial charge >= 0.3 is 0 Å². The van der Waals surface area contributed by atoms with Crippen LogP contribution in [0.4, 0.5) is 0 Å². The van der Waals surface area contributed by atoms with E-state index in [1.54, 1.807) is 10.7 Å². The first kappa shape index (κ1) is 13.2. The molecule has 0 bridgehead atoms. The van der Waals surface area contributed by atoms with Gasteiger partial charge in [0.05, 0.1) is 37.3 Å². The minimum absolute atomic E-state index is 0.00202. The molecule has 0 aliphatic heterocycles. The molecule has 1 heterocycles. The van der Waals surface area contributed by atoms with Crippen molar-refractivity contribution in [2.75, 3.05) is 19.8 Å². The standard InChI is InChI=1S/C12H13BrN2O3/c13-12-11(17)9-3-1-2-4-10(9)15(14-12)5-7-18-8-6-16/h1-4,16H,5-8H2. The average molecular weight is 313 g/mol. The van der Waals surface area contributed by atoms with Crippen LogP contribution in [-0.4, -0.2) is 34.7 Å². The van der Waals surface area contributed by atoms with E-state index in [2.05, 4.69) is 21.0 Å². The third-order valence-corrected chi connectivity index (χ3v) is 3.02. The zero-order valence-corrected chi connectivity index (χ0v) is 11.3. The summed E-state index contributed by atoms with van der Waals surface area (Å²) in [6, 6.07) is 7.31. The molecule has 6 heteroatoms. The van der Waals surface area contributed by atoms with Crippen molar-refractivity contribution in [1.82, 2.24) is 9.78 Å². The van der Waals surface area contributed by atoms with Gasteiger partial charge in [0.15, 0.2) is 4.60 Å². The third kappa shape index (κ3) is 2.77. The van der Waals surface area contributed by atoms with Crippen LogP contribution in [0.5, 0.6) is 0 Å². The Hall–Kier alpha value is -1.24. The number of rotatable bonds is 5. The summed E-state index contributed by atoms with van der Waals surface area (Å²) in [5, 5.41) is 13.4. The minimum Gasteiger partial charge on any atom is -0.394 e. The quantitative estimate of drug-likeness (QED) is 0.842. The van der Waals surface area contributed by atoms with Crippen LogP contribution < -0.4 is 5.43 Å². The van der Waals surface area contributed by atoms with Crippen LogP contribution in [-0.2, 0) is 11.3 Å². The Morgan fingerprint density at radius 3 is 2.89 bits per heavy atom. The molecule has 2 aromatic rings. The summed E-state index contributed by atoms with van der Waals surface area (Å²) in [5.74, 6) is 0. The topological polar surface area (TPSA) is 64.4 Å². The number of aliphatic hydroxyl groups is 1. The molecular formula is C12H13BrN2O3. The number of benzene rings is 1. The number of fused-ring (bicyclic) bond motifs is 1. The molecule has 0 saturated carbocycles. The van der Waals surface area contributed by atoms with E-state index in [0.29, 0.717) is 29.7 Å². The lowest BCUT2D eigenvalue weighted by Gasteiger charge is -2.10. The van der Waals surface area contributed by atoms with Crippen LogP contribution >= 0.6 is 15.9 Å². The van der Waals surface area contributed by atoms with Crippen molar-refractivity contribution >= 4 is 26.8 Å². The number of aromatic nitrogens is 2. The summed E-state index contributed by atoms with van der Waals surface area (Å²) in [4.78, 5) is 11.9. The van der Waals surface area contributed by atoms with Crippen molar-refractivity contribution in [1.29, 1.82) is 0 Å². The van der Waals surface area contributed by atoms with Crippen LogP contribution in [0.3, 0.4) is 0 Å². The number of nitrogens with zero attached hydrogens (tertiary/aromatic N) is 2. The highest BCUT2D eigenvalue weighted by molar-refractivity contribution is 9.10. The van der Waals surface area contributed by atoms with Crippen molar-refractivity contribution in [3.63, 3.8) is 0 Å². The van der Waals surface area contributed by atoms with E-state index in [1.165, 1.54) is 0 Å². The van der Waals surface area contributed by atoms with Crippen LogP contribution in [0.1, 0.15) is 0 Å². The van der Waals surface area contributed by atoms with Crippen molar-refractivity contribution in [2.45, 2.75) is 6.54 Å². The fourth-order valence-corrected chi connectivity index (χ4v) is 2.10. The molecular weight excluding hydrogens is 300 g/mol. The summed E-state index contributed by atoms with van der Waals surface area (Å²) >= 11 is 3.16. The fourth-order valence-electron chi connectivity index (χ4n) is 1.70. The second kappa shape index (κ2) is 6.08. The molecule has 0 fully saturated rings. The Kier molecular flexibility index (Phi) is 4.46. The molecule has 0 spiro atoms. The largest absolute Gasteiger partial charge is 0.394 e. The highest BCUT2D eigenvalue weighted by Gasteiger charge is 2.07. The lowest BCUT2D eigenvalue weighted by atomic mass is 10.2. The van der Waals surface area contributed by atoms with E-state index < -0.39 is 0 Å². The van der Waals surface area contributed by atoms with Crippen molar-refractivity contribution in [3.8, 4) is 0 Å². The molecule has 5 nitrogen and oxygen atoms in total. The van der Waals surface area contributed by atoms with E-state index >= 15 is 0 Å². The summed E-state index contributed by atoms with van der Waals surface area (Å²) in [5.41, 5.74) is 0.663. The number of aliphatic hydroxyl groups excluding tert-OH is 1. The molecule has 1 aromatic heterocycles. The van der Waals surface area contributed by atoms with Gasteiger partial charge in [0.2, 0.25) is 5.43 Å². The maximum atomic E-state index is 11.9. The van der Waals surface area contributed by atoms with Crippen LogP contribution in [0.15, 0.2) is 33.7 Å². The van der Waals surface area contributed by atoms with Gasteiger partial charge in [0.25, 0.3) is 0 Å². The zero-order chi connectivity index (χ0) is 13.0. The first-order valence-corrected chi connectivity index (χ1v) is 6.37. The van der Waals surface area contributed by atoms with Gasteiger partial charge < -0.3 is 9.84 Å². The molecule has 96 valence electrons. The molecule has 1 aromatic carbocycles. The average Bonchev–Trinajstić information content (AvgIpc) is 2.40. The highest BCUT2D eigenvalue weighted by atomic mass is 79.9. The first-order chi connectivity index (χ1) is 8.74. The van der Waals surface area contributed by atoms with E-state index in [4.69, 9.17) is 9.84 Å². The summed E-state index contributed by atoms with van der Waals surface area (Å²) in [7, 11) is 0. The number of ether oxygens (including phenoxy) is 1. The predicted molar refractivity (Wildman–Crippen MR) is 71.6 cm³/mol. The summed E-state index contributed by atoms with van der Waals surface area (Å²) < 4.78 is 7.22. The van der Waals surface area contributed by atoms with Gasteiger partial charge in [-0.15, -0.1) is 0 Å². The van der Waals surface area contributed by atoms with Crippen molar-refractivity contribution in [3.05, 3.63) is 39.1 Å². The number of para-hydroxylation sites is 1. The van der Waals surface area contributed by atoms with Gasteiger partial charge in [-0.3, -0.25) is 9.48 Å². The van der Waals surface area contributed by atoms with Crippen LogP contribution in [0.2, 0.25) is 0 Å². The minimum atomic E-state index is -0.113. The number of halogens is 1. The number of hydrogen-bond donors (Lipinski definition) is 1. The molecule has 0 amide bonds. The second-order valence-electron chi connectivity index (χ2n) is 3.70. The molecule has 0 atom stereocenters. The van der Waals surface area contributed by atoms with Crippen molar-refractivity contribution in [2.24, 2.45) is 0 Å². The molecule has 0 radical (unpaired) electrons. The van der Waals surface area contributed by atoms with Gasteiger partial charge in [0, 0.05) is 0 Å². The van der Waals surface area contributed by atoms with E-state index in [1.807, 2.05) is 18.2 Å². The van der Waals surface area contributed by atoms with Gasteiger partial charge in [-0.2, -0.15) is 5.10 Å². The Morgan fingerprint density at radius 2 is 2.11 bits per heavy atom. The molecule has 18 heavy (non-hydrogen) atoms. The maximum Gasteiger partial charge on any atom is 0.222 e. The van der Waals surface area contributed by atoms with Crippen LogP contribution in [0.25, 0.3) is 10.9 Å². The lowest BCUT2D eigenvalue weighted by Crippen LogP contribution is -2.17. The molecule has 0 unspecified atom stereocenters. The van der Waals surface area contributed by atoms with E-state index in [-0.39, 0.29) is 12.0 Å². The van der Waals surface area contributed by atoms with Gasteiger partial charge in [-0.25, -0.2) is 0 Å². The molecule has 0 aliphatic rings. The van der Waals surface area contributed by atoms with E-state index in [0.717, 1.165) is 5.52 Å². The molecule has 2 rings (SSSR count). The van der Waals surface area contributed by atoms with Crippen LogP contribution in [0, 0.1) is 0 Å². The summed E-state index contributed by atoms with van der Waals surface area (Å²) in [6.07, 6.45) is 0. The molecule has 0 saturated heterocycles. The predicted octanol–water partition coefficient (Wildman–Crippen LogP) is 1.17. The second-order valence-corrected chi connectivity index (χ2v) is 4.45. The third-order valence-electron chi connectivity index (χ3n) is 2.51. The first-order valence-electron chi connectivity index (χ1n) is 5.58. The smallest absolute Gasteiger partial charge is 0.222 e. The van der Waals surface area contributed by atoms with Gasteiger partial charge in [-0.05, 0) is 28.1 Å². The van der Waals surface area contributed by atoms with Crippen molar-refractivity contribution < 1.29 is 9.84 Å². The van der Waals surface area contributed by atoms with Gasteiger partial charge in [0.1, 0.15) is 0 Å². The lowest BCUT2D eigenvalue weighted by molar-refractivity contribution is 0.0857. The maximum absolute atomic E-state index is 11.9. The summed E-state index contributed by atoms with van der Waals surface area (Å²) in [6.45, 7) is 1.27. The Labute approximate surface area is 112 Å². The number of hydrogen-bond acceptors (Lipinski definition) is 4. The highest BCUT2D eigenvalue weighted by Crippen LogP contribution is 2.11. The Balaban J connectivity index is 2.32. The Bertz CT molecular complexity index is 597. The SMILES string of the molecule is O=c1c(Br)nn(CCOCCO)c2ccccc12. The van der Waals surface area contributed by atoms with E-state index in [9.17, 15) is 4.79 Å². The molecule has 0 aliphatic carbocycles. The Morgan fingerprint density at radius 1 is 1.33 bits per heavy atom. The van der Waals surface area contributed by atoms with Gasteiger partial charge in [-0.1, -0.05) is 12.1 Å². The zero-order valence-electron chi connectivity index (χ0n) is 9.67.